The maximum Gasteiger partial charge on any atom is 0.331 e. The summed E-state index contributed by atoms with van der Waals surface area (Å²) in [6.45, 7) is 13.7. The van der Waals surface area contributed by atoms with Crippen LogP contribution >= 0.6 is 11.6 Å². The maximum absolute atomic E-state index is 12.8. The highest BCUT2D eigenvalue weighted by molar-refractivity contribution is 6.74. The lowest BCUT2D eigenvalue weighted by molar-refractivity contribution is -0.123. The second-order valence-electron chi connectivity index (χ2n) is 12.3. The summed E-state index contributed by atoms with van der Waals surface area (Å²) in [6, 6.07) is 3.19. The van der Waals surface area contributed by atoms with Crippen LogP contribution in [0.4, 0.5) is 16.3 Å². The molecule has 1 aliphatic heterocycles. The number of nitrogens with zero attached hydrogens (tertiary/aromatic N) is 6. The summed E-state index contributed by atoms with van der Waals surface area (Å²) in [5.74, 6) is 0.715. The average Bonchev–Trinajstić information content (AvgIpc) is 3.60. The zero-order valence-electron chi connectivity index (χ0n) is 24.7. The summed E-state index contributed by atoms with van der Waals surface area (Å²) >= 11 is 6.29. The molecule has 1 atom stereocenters. The van der Waals surface area contributed by atoms with Gasteiger partial charge in [-0.25, -0.2) is 9.78 Å². The zero-order chi connectivity index (χ0) is 29.7. The third-order valence-electron chi connectivity index (χ3n) is 8.16. The number of aromatic nitrogens is 4. The van der Waals surface area contributed by atoms with Crippen molar-refractivity contribution < 1.29 is 18.8 Å². The normalized spacial score (nSPS) is 17.1. The molecule has 0 unspecified atom stereocenters. The number of carbonyl (C=O) groups is 2. The molecule has 13 heteroatoms. The van der Waals surface area contributed by atoms with Gasteiger partial charge in [-0.2, -0.15) is 9.97 Å². The second-order valence-corrected chi connectivity index (χ2v) is 17.5. The number of nitrogens with one attached hydrogen (secondary N) is 1. The van der Waals surface area contributed by atoms with Crippen molar-refractivity contribution in [2.45, 2.75) is 70.6 Å². The van der Waals surface area contributed by atoms with E-state index in [0.29, 0.717) is 36.3 Å². The molecular formula is C28H38ClN7O4Si. The average molecular weight is 600 g/mol. The molecule has 1 aliphatic carbocycles. The van der Waals surface area contributed by atoms with Gasteiger partial charge in [-0.1, -0.05) is 32.4 Å². The number of anilines is 2. The van der Waals surface area contributed by atoms with Crippen molar-refractivity contribution in [3.05, 3.63) is 40.9 Å². The molecule has 0 radical (unpaired) electrons. The first kappa shape index (κ1) is 29.3. The summed E-state index contributed by atoms with van der Waals surface area (Å²) in [4.78, 5) is 41.3. The first-order valence-electron chi connectivity index (χ1n) is 13.9. The molecule has 1 N–H and O–H groups in total. The molecule has 1 saturated carbocycles. The number of rotatable bonds is 10. The molecule has 1 saturated heterocycles. The van der Waals surface area contributed by atoms with E-state index < -0.39 is 8.32 Å². The summed E-state index contributed by atoms with van der Waals surface area (Å²) < 4.78 is 13.9. The number of amides is 3. The van der Waals surface area contributed by atoms with Crippen molar-refractivity contribution in [3.8, 4) is 6.01 Å². The van der Waals surface area contributed by atoms with E-state index in [9.17, 15) is 9.59 Å². The summed E-state index contributed by atoms with van der Waals surface area (Å²) in [5, 5.41) is 3.70. The van der Waals surface area contributed by atoms with Crippen molar-refractivity contribution in [1.82, 2.24) is 24.3 Å². The summed E-state index contributed by atoms with van der Waals surface area (Å²) in [7, 11) is -0.376. The van der Waals surface area contributed by atoms with E-state index in [1.165, 1.54) is 11.9 Å². The predicted octanol–water partition coefficient (Wildman–Crippen LogP) is 5.63. The highest BCUT2D eigenvalue weighted by Gasteiger charge is 2.38. The fourth-order valence-electron chi connectivity index (χ4n) is 4.43. The molecule has 0 spiro atoms. The van der Waals surface area contributed by atoms with Crippen LogP contribution in [0.15, 0.2) is 24.5 Å². The number of imide groups is 1. The number of likely N-dealkylation sites (N-methyl/N-ethyl adjacent to an activating group) is 1. The molecule has 2 fully saturated rings. The number of imidazole rings is 1. The minimum Gasteiger partial charge on any atom is -0.461 e. The fraction of sp³-hybridized carbons (Fsp3) is 0.536. The monoisotopic (exact) mass is 599 g/mol. The lowest BCUT2D eigenvalue weighted by Crippen LogP contribution is -2.41. The molecule has 220 valence electrons. The number of carbonyl (C=O) groups excluding carboxylic acids is 2. The van der Waals surface area contributed by atoms with E-state index in [1.807, 2.05) is 23.6 Å². The second kappa shape index (κ2) is 10.9. The first-order valence-corrected chi connectivity index (χ1v) is 17.2. The van der Waals surface area contributed by atoms with Crippen LogP contribution in [-0.4, -0.2) is 71.3 Å². The van der Waals surface area contributed by atoms with Crippen LogP contribution in [-0.2, 0) is 9.22 Å². The number of fused-ring (bicyclic) bond motifs is 1. The van der Waals surface area contributed by atoms with Gasteiger partial charge in [0, 0.05) is 25.5 Å². The predicted molar refractivity (Wildman–Crippen MR) is 160 cm³/mol. The molecule has 0 bridgehead atoms. The Bertz CT molecular complexity index is 1480. The quantitative estimate of drug-likeness (QED) is 0.138. The van der Waals surface area contributed by atoms with Gasteiger partial charge in [0.2, 0.25) is 5.91 Å². The molecule has 5 rings (SSSR count). The van der Waals surface area contributed by atoms with Gasteiger partial charge >= 0.3 is 12.0 Å². The molecule has 3 aromatic rings. The van der Waals surface area contributed by atoms with E-state index in [2.05, 4.69) is 55.3 Å². The molecule has 41 heavy (non-hydrogen) atoms. The Morgan fingerprint density at radius 3 is 2.49 bits per heavy atom. The largest absolute Gasteiger partial charge is 0.461 e. The lowest BCUT2D eigenvalue weighted by atomic mass is 10.1. The van der Waals surface area contributed by atoms with Gasteiger partial charge in [-0.15, -0.1) is 0 Å². The Kier molecular flexibility index (Phi) is 7.77. The fourth-order valence-corrected chi connectivity index (χ4v) is 5.63. The number of pyridine rings is 1. The smallest absolute Gasteiger partial charge is 0.331 e. The zero-order valence-corrected chi connectivity index (χ0v) is 26.4. The van der Waals surface area contributed by atoms with Crippen LogP contribution in [0.25, 0.3) is 5.65 Å². The van der Waals surface area contributed by atoms with Crippen LogP contribution in [0.2, 0.25) is 23.3 Å². The van der Waals surface area contributed by atoms with E-state index in [-0.39, 0.29) is 40.7 Å². The molecule has 11 nitrogen and oxygen atoms in total. The van der Waals surface area contributed by atoms with Crippen LogP contribution < -0.4 is 15.0 Å². The van der Waals surface area contributed by atoms with Crippen molar-refractivity contribution in [2.75, 3.05) is 37.0 Å². The number of hydrogen-bond donors (Lipinski definition) is 1. The number of hydrogen-bond acceptors (Lipinski definition) is 8. The van der Waals surface area contributed by atoms with E-state index in [4.69, 9.17) is 25.7 Å². The number of urea groups is 1. The van der Waals surface area contributed by atoms with Crippen LogP contribution in [0.1, 0.15) is 63.8 Å². The van der Waals surface area contributed by atoms with Gasteiger partial charge in [0.15, 0.2) is 14.0 Å². The van der Waals surface area contributed by atoms with Gasteiger partial charge in [0.05, 0.1) is 24.0 Å². The molecular weight excluding hydrogens is 562 g/mol. The standard InChI is InChI=1S/C28H38ClN7O4Si/c1-17(30-23-13-22(29)32-26(33-23)39-10-11-40-41(6,7)28(2,3)4)20-15-35-14-19(18-8-9-18)12-21(25(35)31-20)36-16-24(37)34(5)27(36)38/h12-15,17-18H,8-11,16H2,1-7H3,(H,30,32,33)/t17-/m1/s1. The Balaban J connectivity index is 1.32. The van der Waals surface area contributed by atoms with Gasteiger partial charge in [0.25, 0.3) is 0 Å². The van der Waals surface area contributed by atoms with Gasteiger partial charge in [-0.05, 0) is 55.4 Å². The third kappa shape index (κ3) is 6.19. The minimum atomic E-state index is -1.88. The molecule has 3 amide bonds. The lowest BCUT2D eigenvalue weighted by Gasteiger charge is -2.36. The van der Waals surface area contributed by atoms with Crippen molar-refractivity contribution in [2.24, 2.45) is 0 Å². The topological polar surface area (TPSA) is 114 Å². The highest BCUT2D eigenvalue weighted by atomic mass is 35.5. The molecule has 0 aromatic carbocycles. The Morgan fingerprint density at radius 1 is 1.12 bits per heavy atom. The SMILES string of the molecule is C[C@@H](Nc1cc(Cl)nc(OCCO[Si](C)(C)C(C)(C)C)n1)c1cn2cc(C3CC3)cc(N3CC(=O)N(C)C3=O)c2n1. The minimum absolute atomic E-state index is 0.00174. The highest BCUT2D eigenvalue weighted by Crippen LogP contribution is 2.42. The van der Waals surface area contributed by atoms with Gasteiger partial charge in [-0.3, -0.25) is 14.6 Å². The van der Waals surface area contributed by atoms with Crippen molar-refractivity contribution in [3.63, 3.8) is 0 Å². The molecule has 3 aromatic heterocycles. The first-order chi connectivity index (χ1) is 19.2. The van der Waals surface area contributed by atoms with Gasteiger partial charge < -0.3 is 18.9 Å². The summed E-state index contributed by atoms with van der Waals surface area (Å²) in [6.07, 6.45) is 6.22. The Morgan fingerprint density at radius 2 is 1.85 bits per heavy atom. The molecule has 2 aliphatic rings. The maximum atomic E-state index is 12.8. The van der Waals surface area contributed by atoms with Gasteiger partial charge in [0.1, 0.15) is 24.1 Å². The third-order valence-corrected chi connectivity index (χ3v) is 12.9. The van der Waals surface area contributed by atoms with Crippen LogP contribution in [0.3, 0.4) is 0 Å². The van der Waals surface area contributed by atoms with E-state index in [1.54, 1.807) is 6.07 Å². The van der Waals surface area contributed by atoms with E-state index >= 15 is 0 Å². The Hall–Kier alpha value is -3.22. The van der Waals surface area contributed by atoms with Crippen LogP contribution in [0.5, 0.6) is 6.01 Å². The summed E-state index contributed by atoms with van der Waals surface area (Å²) in [5.41, 5.74) is 3.12. The van der Waals surface area contributed by atoms with E-state index in [0.717, 1.165) is 29.0 Å². The van der Waals surface area contributed by atoms with Crippen molar-refractivity contribution >= 4 is 49.0 Å². The van der Waals surface area contributed by atoms with Crippen molar-refractivity contribution in [1.29, 1.82) is 0 Å². The number of halogens is 1. The number of ether oxygens (including phenoxy) is 1. The molecule has 4 heterocycles. The van der Waals surface area contributed by atoms with Crippen LogP contribution in [0, 0.1) is 0 Å². The Labute approximate surface area is 246 Å².